The van der Waals surface area contributed by atoms with Crippen molar-refractivity contribution in [3.05, 3.63) is 42.0 Å². The normalized spacial score (nSPS) is 13.8. The van der Waals surface area contributed by atoms with E-state index in [1.54, 1.807) is 45.0 Å². The predicted octanol–water partition coefficient (Wildman–Crippen LogP) is 1.09. The molecular formula is C32H44N6O10. The Morgan fingerprint density at radius 2 is 1.52 bits per heavy atom. The van der Waals surface area contributed by atoms with Gasteiger partial charge >= 0.3 is 18.0 Å². The maximum Gasteiger partial charge on any atom is 0.312 e. The van der Waals surface area contributed by atoms with Gasteiger partial charge in [0.25, 0.3) is 11.8 Å². The van der Waals surface area contributed by atoms with E-state index in [0.717, 1.165) is 4.90 Å². The molecule has 0 spiro atoms. The first-order valence-corrected chi connectivity index (χ1v) is 15.5. The molecule has 0 radical (unpaired) electrons. The minimum absolute atomic E-state index is 0.0317. The van der Waals surface area contributed by atoms with Gasteiger partial charge in [-0.25, -0.2) is 4.79 Å². The number of unbranched alkanes of at least 4 members (excludes halogenated alkanes) is 2. The lowest BCUT2D eigenvalue weighted by Crippen LogP contribution is -2.53. The van der Waals surface area contributed by atoms with Crippen molar-refractivity contribution in [2.45, 2.75) is 84.4 Å². The first kappa shape index (κ1) is 38.9. The molecule has 1 aliphatic heterocycles. The number of ether oxygens (including phenoxy) is 1. The van der Waals surface area contributed by atoms with Crippen LogP contribution in [0.25, 0.3) is 0 Å². The number of esters is 1. The van der Waals surface area contributed by atoms with Crippen molar-refractivity contribution < 1.29 is 48.2 Å². The van der Waals surface area contributed by atoms with Crippen LogP contribution in [0.5, 0.6) is 0 Å². The van der Waals surface area contributed by atoms with E-state index in [9.17, 15) is 43.5 Å². The van der Waals surface area contributed by atoms with Crippen molar-refractivity contribution in [2.24, 2.45) is 11.1 Å². The fourth-order valence-electron chi connectivity index (χ4n) is 4.37. The fourth-order valence-corrected chi connectivity index (χ4v) is 4.37. The number of nitrogens with two attached hydrogens (primary N) is 1. The van der Waals surface area contributed by atoms with E-state index in [1.165, 1.54) is 12.2 Å². The van der Waals surface area contributed by atoms with E-state index < -0.39 is 65.5 Å². The molecule has 7 amide bonds. The van der Waals surface area contributed by atoms with Crippen LogP contribution in [-0.4, -0.2) is 82.7 Å². The topological polar surface area (TPSA) is 243 Å². The monoisotopic (exact) mass is 672 g/mol. The predicted molar refractivity (Wildman–Crippen MR) is 172 cm³/mol. The lowest BCUT2D eigenvalue weighted by Gasteiger charge is -2.23. The quantitative estimate of drug-likeness (QED) is 0.0694. The molecule has 2 rings (SSSR count). The highest BCUT2D eigenvalue weighted by atomic mass is 16.5. The molecule has 0 saturated heterocycles. The molecule has 262 valence electrons. The second-order valence-corrected chi connectivity index (χ2v) is 12.2. The van der Waals surface area contributed by atoms with Crippen LogP contribution < -0.4 is 27.0 Å². The highest BCUT2D eigenvalue weighted by Crippen LogP contribution is 2.18. The number of hydrogen-bond acceptors (Lipinski definition) is 9. The Bertz CT molecular complexity index is 1370. The van der Waals surface area contributed by atoms with Crippen LogP contribution in [0.15, 0.2) is 36.4 Å². The number of carbonyl (C=O) groups is 8. The summed E-state index contributed by atoms with van der Waals surface area (Å²) >= 11 is 0. The number of hydrogen-bond donors (Lipinski definition) is 6. The summed E-state index contributed by atoms with van der Waals surface area (Å²) in [5.74, 6) is -4.65. The number of aliphatic carboxylic acids is 1. The van der Waals surface area contributed by atoms with E-state index in [1.807, 2.05) is 0 Å². The Morgan fingerprint density at radius 3 is 2.10 bits per heavy atom. The largest absolute Gasteiger partial charge is 0.481 e. The fraction of sp³-hybridized carbons (Fsp3) is 0.500. The standard InChI is InChI=1S/C32H44N6O10/c1-32(2,3)30(46)48-19-20-10-12-21(13-11-20)35-28(44)22(8-7-16-34-31(33)47)37-29(45)23(18-27(42)43)36-24(39)9-5-4-6-17-38-25(40)14-15-26(38)41/h10-15,22-23H,4-9,16-19H2,1-3H3,(H,35,44)(H,36,39)(H,37,45)(H,42,43)(H3,33,34,47)/t22?,23-/m0/s1. The first-order chi connectivity index (χ1) is 22.6. The summed E-state index contributed by atoms with van der Waals surface area (Å²) in [5.41, 5.74) is 5.47. The van der Waals surface area contributed by atoms with E-state index in [2.05, 4.69) is 21.3 Å². The summed E-state index contributed by atoms with van der Waals surface area (Å²) in [6.45, 7) is 5.54. The average molecular weight is 673 g/mol. The summed E-state index contributed by atoms with van der Waals surface area (Å²) in [4.78, 5) is 97.9. The highest BCUT2D eigenvalue weighted by Gasteiger charge is 2.29. The summed E-state index contributed by atoms with van der Waals surface area (Å²) in [6, 6.07) is 3.02. The van der Waals surface area contributed by atoms with Gasteiger partial charge in [0.15, 0.2) is 0 Å². The van der Waals surface area contributed by atoms with Crippen molar-refractivity contribution in [3.8, 4) is 0 Å². The molecule has 16 nitrogen and oxygen atoms in total. The molecule has 0 bridgehead atoms. The van der Waals surface area contributed by atoms with Crippen molar-refractivity contribution in [2.75, 3.05) is 18.4 Å². The van der Waals surface area contributed by atoms with Gasteiger partial charge in [-0.3, -0.25) is 38.5 Å². The Balaban J connectivity index is 1.99. The highest BCUT2D eigenvalue weighted by molar-refractivity contribution is 6.12. The maximum atomic E-state index is 13.2. The summed E-state index contributed by atoms with van der Waals surface area (Å²) < 4.78 is 5.29. The molecule has 1 heterocycles. The van der Waals surface area contributed by atoms with Gasteiger partial charge in [-0.05, 0) is 64.2 Å². The molecule has 0 saturated carbocycles. The van der Waals surface area contributed by atoms with Crippen LogP contribution >= 0.6 is 0 Å². The molecule has 1 unspecified atom stereocenters. The number of carboxylic acid groups (broad SMARTS) is 1. The number of amides is 7. The number of nitrogens with zero attached hydrogens (tertiary/aromatic N) is 1. The van der Waals surface area contributed by atoms with Gasteiger partial charge in [-0.1, -0.05) is 18.6 Å². The number of primary amides is 1. The minimum Gasteiger partial charge on any atom is -0.481 e. The van der Waals surface area contributed by atoms with Crippen LogP contribution in [0.3, 0.4) is 0 Å². The smallest absolute Gasteiger partial charge is 0.312 e. The summed E-state index contributed by atoms with van der Waals surface area (Å²) in [5, 5.41) is 19.3. The van der Waals surface area contributed by atoms with E-state index >= 15 is 0 Å². The number of imide groups is 1. The molecule has 0 aliphatic carbocycles. The third-order valence-corrected chi connectivity index (χ3v) is 7.02. The lowest BCUT2D eigenvalue weighted by atomic mass is 9.97. The Kier molecular flexibility index (Phi) is 15.2. The summed E-state index contributed by atoms with van der Waals surface area (Å²) in [6.07, 6.45) is 3.13. The van der Waals surface area contributed by atoms with Crippen molar-refractivity contribution in [3.63, 3.8) is 0 Å². The molecule has 1 aromatic carbocycles. The minimum atomic E-state index is -1.49. The number of urea groups is 1. The van der Waals surface area contributed by atoms with Crippen molar-refractivity contribution in [1.29, 1.82) is 0 Å². The van der Waals surface area contributed by atoms with Crippen molar-refractivity contribution in [1.82, 2.24) is 20.9 Å². The summed E-state index contributed by atoms with van der Waals surface area (Å²) in [7, 11) is 0. The molecule has 0 aromatic heterocycles. The van der Waals surface area contributed by atoms with Crippen LogP contribution in [0.4, 0.5) is 10.5 Å². The Morgan fingerprint density at radius 1 is 0.875 bits per heavy atom. The molecule has 7 N–H and O–H groups in total. The number of nitrogens with one attached hydrogen (secondary N) is 4. The third-order valence-electron chi connectivity index (χ3n) is 7.02. The molecule has 48 heavy (non-hydrogen) atoms. The van der Waals surface area contributed by atoms with Gasteiger partial charge in [0, 0.05) is 37.3 Å². The second-order valence-electron chi connectivity index (χ2n) is 12.2. The van der Waals surface area contributed by atoms with Gasteiger partial charge in [-0.2, -0.15) is 0 Å². The zero-order valence-electron chi connectivity index (χ0n) is 27.3. The van der Waals surface area contributed by atoms with Crippen LogP contribution in [-0.2, 0) is 44.9 Å². The van der Waals surface area contributed by atoms with E-state index in [0.29, 0.717) is 30.5 Å². The maximum absolute atomic E-state index is 13.2. The number of rotatable bonds is 19. The molecule has 1 aliphatic rings. The van der Waals surface area contributed by atoms with E-state index in [-0.39, 0.29) is 44.9 Å². The zero-order chi connectivity index (χ0) is 35.9. The van der Waals surface area contributed by atoms with Gasteiger partial charge in [0.2, 0.25) is 17.7 Å². The number of carboxylic acids is 1. The molecule has 2 atom stereocenters. The van der Waals surface area contributed by atoms with Crippen LogP contribution in [0, 0.1) is 5.41 Å². The second kappa shape index (κ2) is 18.8. The number of benzene rings is 1. The van der Waals surface area contributed by atoms with Gasteiger partial charge in [-0.15, -0.1) is 0 Å². The lowest BCUT2D eigenvalue weighted by molar-refractivity contribution is -0.154. The number of anilines is 1. The molecule has 0 fully saturated rings. The average Bonchev–Trinajstić information content (AvgIpc) is 3.32. The molecular weight excluding hydrogens is 628 g/mol. The van der Waals surface area contributed by atoms with Gasteiger partial charge < -0.3 is 36.8 Å². The Labute approximate surface area is 278 Å². The SMILES string of the molecule is CC(C)(C)C(=O)OCc1ccc(NC(=O)C(CCCNC(N)=O)NC(=O)[C@H](CC(=O)O)NC(=O)CCCCCN2C(=O)C=CC2=O)cc1. The molecule has 1 aromatic rings. The molecule has 16 heteroatoms. The van der Waals surface area contributed by atoms with E-state index in [4.69, 9.17) is 10.5 Å². The van der Waals surface area contributed by atoms with Crippen molar-refractivity contribution >= 4 is 53.2 Å². The van der Waals surface area contributed by atoms with Gasteiger partial charge in [0.1, 0.15) is 18.7 Å². The third kappa shape index (κ3) is 14.0. The zero-order valence-corrected chi connectivity index (χ0v) is 27.3. The van der Waals surface area contributed by atoms with Crippen LogP contribution in [0.2, 0.25) is 0 Å². The Hall–Kier alpha value is -5.28. The number of carbonyl (C=O) groups excluding carboxylic acids is 7. The van der Waals surface area contributed by atoms with Gasteiger partial charge in [0.05, 0.1) is 11.8 Å². The first-order valence-electron chi connectivity index (χ1n) is 15.5. The van der Waals surface area contributed by atoms with Crippen LogP contribution in [0.1, 0.15) is 71.3 Å².